The lowest BCUT2D eigenvalue weighted by molar-refractivity contribution is -0.131. The number of hydrogen-bond donors (Lipinski definition) is 4. The Hall–Kier alpha value is -7.64. The molecule has 77 heavy (non-hydrogen) atoms. The predicted octanol–water partition coefficient (Wildman–Crippen LogP) is 11.0. The minimum Gasteiger partial charge on any atom is -0.506 e. The number of amides is 3. The van der Waals surface area contributed by atoms with E-state index in [0.717, 1.165) is 51.0 Å². The van der Waals surface area contributed by atoms with Crippen LogP contribution < -0.4 is 23.8 Å². The largest absolute Gasteiger partial charge is 0.506 e. The number of aromatic hydroxyl groups is 1. The van der Waals surface area contributed by atoms with Gasteiger partial charge in [-0.15, -0.1) is 0 Å². The summed E-state index contributed by atoms with van der Waals surface area (Å²) in [6, 6.07) is 21.1. The molecule has 0 radical (unpaired) electrons. The van der Waals surface area contributed by atoms with Crippen LogP contribution in [0.3, 0.4) is 0 Å². The molecule has 2 aromatic heterocycles. The summed E-state index contributed by atoms with van der Waals surface area (Å²) < 4.78 is 64.2. The molecule has 6 aromatic rings. The van der Waals surface area contributed by atoms with E-state index in [1.54, 1.807) is 86.6 Å². The van der Waals surface area contributed by atoms with E-state index in [4.69, 9.17) is 16.0 Å². The summed E-state index contributed by atoms with van der Waals surface area (Å²) in [7, 11) is -3.90. The van der Waals surface area contributed by atoms with E-state index in [9.17, 15) is 41.1 Å². The Morgan fingerprint density at radius 2 is 1.30 bits per heavy atom. The molecule has 0 saturated heterocycles. The van der Waals surface area contributed by atoms with Crippen LogP contribution >= 0.6 is 0 Å². The Labute approximate surface area is 451 Å². The highest BCUT2D eigenvalue weighted by atomic mass is 32.2. The van der Waals surface area contributed by atoms with E-state index in [1.165, 1.54) is 78.0 Å². The van der Waals surface area contributed by atoms with Gasteiger partial charge in [0.05, 0.1) is 35.9 Å². The van der Waals surface area contributed by atoms with Crippen molar-refractivity contribution in [1.29, 1.82) is 0 Å². The minimum absolute atomic E-state index is 0.0164. The number of sulfonamides is 2. The summed E-state index contributed by atoms with van der Waals surface area (Å²) in [5.41, 5.74) is 1.49. The smallest absolute Gasteiger partial charge is 0.415 e. The number of rotatable bonds is 25. The lowest BCUT2D eigenvalue weighted by Crippen LogP contribution is -2.35. The number of ether oxygens (including phenoxy) is 2. The molecule has 414 valence electrons. The van der Waals surface area contributed by atoms with Crippen LogP contribution in [-0.4, -0.2) is 116 Å². The second-order valence-corrected chi connectivity index (χ2v) is 22.3. The minimum atomic E-state index is -3.60. The van der Waals surface area contributed by atoms with Gasteiger partial charge in [0.15, 0.2) is 11.5 Å². The number of anilines is 3. The molecule has 0 bridgehead atoms. The lowest BCUT2D eigenvalue weighted by atomic mass is 10.0. The van der Waals surface area contributed by atoms with Crippen LogP contribution in [0.1, 0.15) is 125 Å². The van der Waals surface area contributed by atoms with Crippen molar-refractivity contribution in [1.82, 2.24) is 24.4 Å². The van der Waals surface area contributed by atoms with Crippen LogP contribution in [0.4, 0.5) is 27.5 Å². The molecule has 0 saturated carbocycles. The first-order chi connectivity index (χ1) is 36.6. The zero-order valence-electron chi connectivity index (χ0n) is 45.1. The lowest BCUT2D eigenvalue weighted by Gasteiger charge is -2.23. The molecule has 0 unspecified atom stereocenters. The van der Waals surface area contributed by atoms with Crippen molar-refractivity contribution in [2.24, 2.45) is 0 Å². The topological polar surface area (TPSA) is 246 Å². The molecule has 0 atom stereocenters. The Balaban J connectivity index is 0.000000306. The molecule has 3 amide bonds. The summed E-state index contributed by atoms with van der Waals surface area (Å²) >= 11 is 0. The van der Waals surface area contributed by atoms with Gasteiger partial charge in [0.1, 0.15) is 11.5 Å². The summed E-state index contributed by atoms with van der Waals surface area (Å²) in [6.45, 7) is 16.7. The average molecular weight is 1100 g/mol. The van der Waals surface area contributed by atoms with Crippen molar-refractivity contribution in [3.8, 4) is 28.8 Å². The van der Waals surface area contributed by atoms with Crippen LogP contribution in [0.5, 0.6) is 17.4 Å². The number of para-hydroxylation sites is 1. The second kappa shape index (κ2) is 27.9. The standard InChI is InChI=1S/C33H49N7O5S.C22H22N2O6S/c1-7-9-11-13-15-19-23-39(24-20-16-14-12-10-8-2)33(42)45-32-28(34-3)27(31(41)38(4)5)30-35-29(36-40(30)32)25-21-17-18-22-26(25)37-46(6,43)44;1-4-24(16-11-9-15(10-12-16)23-31(3,28)29)22(27)19-13-20(30-14(2)25)17-7-5-6-8-18(17)21(19)26/h17-18,21-22,37H,7-16,19-20,23-24H2,1-2,4-6H3,(H,35,36);5-13,23,26H,4H2,1-3H3. The third-order valence-electron chi connectivity index (χ3n) is 12.2. The number of aromatic nitrogens is 3. The van der Waals surface area contributed by atoms with Crippen LogP contribution in [-0.2, 0) is 24.8 Å². The molecule has 0 spiro atoms. The molecular formula is C55H71N9O11S2. The molecule has 0 fully saturated rings. The van der Waals surface area contributed by atoms with E-state index in [1.807, 2.05) is 0 Å². The number of carbonyl (C=O) groups is 4. The van der Waals surface area contributed by atoms with E-state index in [0.29, 0.717) is 40.8 Å². The summed E-state index contributed by atoms with van der Waals surface area (Å²) in [6.07, 6.45) is 14.5. The number of nitrogens with one attached hydrogen (secondary N) is 3. The van der Waals surface area contributed by atoms with Gasteiger partial charge >= 0.3 is 12.1 Å². The molecule has 0 aliphatic rings. The number of phenolic OH excluding ortho intramolecular Hbond substituents is 1. The molecule has 0 aliphatic carbocycles. The Morgan fingerprint density at radius 1 is 0.740 bits per heavy atom. The number of nitrogens with zero attached hydrogens (tertiary/aromatic N) is 6. The Morgan fingerprint density at radius 3 is 1.84 bits per heavy atom. The van der Waals surface area contributed by atoms with Gasteiger partial charge in [0.2, 0.25) is 31.8 Å². The van der Waals surface area contributed by atoms with Crippen LogP contribution in [0.2, 0.25) is 0 Å². The van der Waals surface area contributed by atoms with Gasteiger partial charge in [-0.2, -0.15) is 0 Å². The fourth-order valence-corrected chi connectivity index (χ4v) is 9.68. The highest BCUT2D eigenvalue weighted by Gasteiger charge is 2.32. The van der Waals surface area contributed by atoms with Crippen molar-refractivity contribution < 1.29 is 50.6 Å². The van der Waals surface area contributed by atoms with Gasteiger partial charge in [-0.25, -0.2) is 36.0 Å². The van der Waals surface area contributed by atoms with Crippen molar-refractivity contribution in [3.63, 3.8) is 0 Å². The van der Waals surface area contributed by atoms with E-state index < -0.39 is 43.9 Å². The fraction of sp³-hybridized carbons (Fsp3) is 0.418. The number of phenols is 1. The third-order valence-corrected chi connectivity index (χ3v) is 13.4. The molecule has 0 aliphatic heterocycles. The summed E-state index contributed by atoms with van der Waals surface area (Å²) in [5.74, 6) is -1.48. The molecule has 2 heterocycles. The number of H-pyrrole nitrogens is 1. The Kier molecular flexibility index (Phi) is 21.9. The van der Waals surface area contributed by atoms with Crippen LogP contribution in [0.25, 0.3) is 32.7 Å². The van der Waals surface area contributed by atoms with E-state index in [2.05, 4.69) is 38.2 Å². The average Bonchev–Trinajstić information content (AvgIpc) is 3.94. The molecular weight excluding hydrogens is 1030 g/mol. The number of unbranched alkanes of at least 4 members (excludes halogenated alkanes) is 10. The molecule has 6 rings (SSSR count). The van der Waals surface area contributed by atoms with Gasteiger partial charge in [-0.3, -0.25) is 28.9 Å². The number of benzene rings is 4. The van der Waals surface area contributed by atoms with Gasteiger partial charge < -0.3 is 29.3 Å². The first-order valence-corrected chi connectivity index (χ1v) is 29.5. The van der Waals surface area contributed by atoms with Crippen LogP contribution in [0, 0.1) is 6.57 Å². The molecule has 4 N–H and O–H groups in total. The number of fused-ring (bicyclic) bond motifs is 2. The van der Waals surface area contributed by atoms with Crippen LogP contribution in [0.15, 0.2) is 78.9 Å². The number of aromatic amines is 1. The fourth-order valence-electron chi connectivity index (χ4n) is 8.54. The maximum atomic E-state index is 13.7. The van der Waals surface area contributed by atoms with Gasteiger partial charge in [0, 0.05) is 68.4 Å². The highest BCUT2D eigenvalue weighted by molar-refractivity contribution is 7.92. The molecule has 20 nitrogen and oxygen atoms in total. The van der Waals surface area contributed by atoms with E-state index in [-0.39, 0.29) is 57.9 Å². The normalized spacial score (nSPS) is 11.3. The zero-order chi connectivity index (χ0) is 56.5. The van der Waals surface area contributed by atoms with E-state index >= 15 is 0 Å². The predicted molar refractivity (Wildman–Crippen MR) is 301 cm³/mol. The zero-order valence-corrected chi connectivity index (χ0v) is 46.8. The first kappa shape index (κ1) is 60.2. The maximum Gasteiger partial charge on any atom is 0.415 e. The van der Waals surface area contributed by atoms with Gasteiger partial charge in [0.25, 0.3) is 11.6 Å². The monoisotopic (exact) mass is 1100 g/mol. The summed E-state index contributed by atoms with van der Waals surface area (Å²) in [4.78, 5) is 64.6. The number of hydrogen-bond acceptors (Lipinski definition) is 12. The molecule has 22 heteroatoms. The highest BCUT2D eigenvalue weighted by Crippen LogP contribution is 2.40. The molecule has 4 aromatic carbocycles. The number of carbonyl (C=O) groups excluding carboxylic acids is 4. The van der Waals surface area contributed by atoms with Gasteiger partial charge in [-0.05, 0) is 62.2 Å². The van der Waals surface area contributed by atoms with Crippen molar-refractivity contribution in [2.75, 3.05) is 60.6 Å². The van der Waals surface area contributed by atoms with Gasteiger partial charge in [-0.1, -0.05) is 114 Å². The first-order valence-electron chi connectivity index (χ1n) is 25.7. The quantitative estimate of drug-likeness (QED) is 0.0181. The van der Waals surface area contributed by atoms with Crippen molar-refractivity contribution in [3.05, 3.63) is 101 Å². The second-order valence-electron chi connectivity index (χ2n) is 18.8. The third kappa shape index (κ3) is 16.7. The van der Waals surface area contributed by atoms with Crippen molar-refractivity contribution >= 4 is 83.1 Å². The Bertz CT molecular complexity index is 3280. The number of esters is 1. The van der Waals surface area contributed by atoms with Crippen molar-refractivity contribution in [2.45, 2.75) is 105 Å². The maximum absolute atomic E-state index is 13.7. The summed E-state index contributed by atoms with van der Waals surface area (Å²) in [5, 5.41) is 14.7. The SMILES string of the molecule is CCN(C(=O)c1cc(OC(C)=O)c2ccccc2c1O)c1ccc(NS(C)(=O)=O)cc1.[C-]#[N+]c1c(C(=O)N(C)C)c2nc(-c3ccccc3NS(C)(=O)=O)[nH]n2c1OC(=O)N(CCCCCCCC)CCCCCCCC.